The van der Waals surface area contributed by atoms with Crippen LogP contribution >= 0.6 is 11.5 Å². The van der Waals surface area contributed by atoms with Crippen molar-refractivity contribution in [1.29, 1.82) is 0 Å². The number of anilines is 2. The summed E-state index contributed by atoms with van der Waals surface area (Å²) >= 11 is 1.46. The third kappa shape index (κ3) is 3.16. The van der Waals surface area contributed by atoms with E-state index in [4.69, 9.17) is 4.84 Å². The van der Waals surface area contributed by atoms with Crippen LogP contribution in [0.5, 0.6) is 5.75 Å². The Morgan fingerprint density at radius 1 is 1.14 bits per heavy atom. The van der Waals surface area contributed by atoms with Gasteiger partial charge in [-0.3, -0.25) is 0 Å². The second kappa shape index (κ2) is 6.61. The highest BCUT2D eigenvalue weighted by Crippen LogP contribution is 2.26. The highest BCUT2D eigenvalue weighted by Gasteiger charge is 2.14. The normalized spacial score (nSPS) is 13.0. The smallest absolute Gasteiger partial charge is 0.205 e. The molecule has 2 aromatic heterocycles. The van der Waals surface area contributed by atoms with Gasteiger partial charge in [0.05, 0.1) is 22.5 Å². The second-order valence-corrected chi connectivity index (χ2v) is 7.05. The van der Waals surface area contributed by atoms with Gasteiger partial charge in [-0.05, 0) is 41.9 Å². The molecule has 0 bridgehead atoms. The summed E-state index contributed by atoms with van der Waals surface area (Å²) in [4.78, 5) is 14.1. The third-order valence-electron chi connectivity index (χ3n) is 4.26. The summed E-state index contributed by atoms with van der Waals surface area (Å²) in [6.07, 6.45) is 5.69. The average Bonchev–Trinajstić information content (AvgIpc) is 3.29. The number of imidazole rings is 1. The van der Waals surface area contributed by atoms with Crippen LogP contribution in [0.2, 0.25) is 0 Å². The number of hydrogen-bond acceptors (Lipinski definition) is 6. The van der Waals surface area contributed by atoms with E-state index in [0.29, 0.717) is 29.3 Å². The molecule has 1 aliphatic rings. The molecule has 2 aromatic carbocycles. The van der Waals surface area contributed by atoms with Crippen LogP contribution in [0.25, 0.3) is 17.1 Å². The highest BCUT2D eigenvalue weighted by molar-refractivity contribution is 7.06. The molecule has 0 saturated carbocycles. The first-order valence-electron chi connectivity index (χ1n) is 8.42. The molecule has 0 radical (unpaired) electrons. The van der Waals surface area contributed by atoms with Gasteiger partial charge in [-0.15, -0.1) is 0 Å². The van der Waals surface area contributed by atoms with Crippen LogP contribution in [-0.4, -0.2) is 19.4 Å². The molecule has 6 nitrogen and oxygen atoms in total. The monoisotopic (exact) mass is 397 g/mol. The lowest BCUT2D eigenvalue weighted by Crippen LogP contribution is -2.22. The van der Waals surface area contributed by atoms with Gasteiger partial charge in [0.2, 0.25) is 5.95 Å². The zero-order chi connectivity index (χ0) is 19.1. The van der Waals surface area contributed by atoms with Crippen molar-refractivity contribution < 1.29 is 13.6 Å². The van der Waals surface area contributed by atoms with E-state index < -0.39 is 11.6 Å². The molecule has 0 atom stereocenters. The molecule has 28 heavy (non-hydrogen) atoms. The van der Waals surface area contributed by atoms with Gasteiger partial charge in [0.15, 0.2) is 17.4 Å². The van der Waals surface area contributed by atoms with E-state index in [9.17, 15) is 8.78 Å². The van der Waals surface area contributed by atoms with Gasteiger partial charge < -0.3 is 15.1 Å². The fraction of sp³-hybridized carbons (Fsp3) is 0.0526. The largest absolute Gasteiger partial charge is 0.380 e. The lowest BCUT2D eigenvalue weighted by atomic mass is 10.2. The summed E-state index contributed by atoms with van der Waals surface area (Å²) in [7, 11) is 0. The number of aromatic nitrogens is 3. The number of benzene rings is 2. The van der Waals surface area contributed by atoms with Gasteiger partial charge in [0.1, 0.15) is 0 Å². The summed E-state index contributed by atoms with van der Waals surface area (Å²) < 4.78 is 30.8. The SMILES string of the molecule is Fc1cc2nc(Nc3ccc(ON4C=Cc5sncc5C4)cc3)[nH]c2cc1F. The standard InChI is InChI=1S/C19H13F2N5OS/c20-14-7-16-17(8-15(14)21)25-19(24-16)23-12-1-3-13(4-2-12)27-26-6-5-18-11(10-26)9-22-28-18/h1-9H,10H2,(H2,23,24,25). The molecule has 4 aromatic rings. The van der Waals surface area contributed by atoms with E-state index in [1.54, 1.807) is 5.06 Å². The van der Waals surface area contributed by atoms with Gasteiger partial charge in [-0.25, -0.2) is 23.2 Å². The lowest BCUT2D eigenvalue weighted by Gasteiger charge is -2.23. The summed E-state index contributed by atoms with van der Waals surface area (Å²) in [6.45, 7) is 0.633. The third-order valence-corrected chi connectivity index (χ3v) is 5.06. The minimum absolute atomic E-state index is 0.348. The Hall–Kier alpha value is -3.46. The number of nitrogens with zero attached hydrogens (tertiary/aromatic N) is 3. The average molecular weight is 397 g/mol. The highest BCUT2D eigenvalue weighted by atomic mass is 32.1. The maximum atomic E-state index is 13.3. The predicted molar refractivity (Wildman–Crippen MR) is 103 cm³/mol. The van der Waals surface area contributed by atoms with Crippen LogP contribution < -0.4 is 10.2 Å². The van der Waals surface area contributed by atoms with Gasteiger partial charge >= 0.3 is 0 Å². The van der Waals surface area contributed by atoms with Crippen molar-refractivity contribution in [3.63, 3.8) is 0 Å². The Bertz CT molecular complexity index is 1150. The Balaban J connectivity index is 1.28. The molecule has 0 saturated heterocycles. The van der Waals surface area contributed by atoms with Gasteiger partial charge in [-0.1, -0.05) is 0 Å². The maximum Gasteiger partial charge on any atom is 0.205 e. The molecule has 1 aliphatic heterocycles. The quantitative estimate of drug-likeness (QED) is 0.517. The molecular weight excluding hydrogens is 384 g/mol. The Morgan fingerprint density at radius 3 is 2.82 bits per heavy atom. The Kier molecular flexibility index (Phi) is 3.94. The number of fused-ring (bicyclic) bond motifs is 2. The number of H-pyrrole nitrogens is 1. The van der Waals surface area contributed by atoms with Gasteiger partial charge in [-0.2, -0.15) is 0 Å². The lowest BCUT2D eigenvalue weighted by molar-refractivity contribution is -0.0160. The Morgan fingerprint density at radius 2 is 1.96 bits per heavy atom. The minimum atomic E-state index is -0.927. The zero-order valence-corrected chi connectivity index (χ0v) is 15.1. The second-order valence-electron chi connectivity index (χ2n) is 6.22. The molecule has 0 spiro atoms. The van der Waals surface area contributed by atoms with Gasteiger partial charge in [0.25, 0.3) is 0 Å². The molecule has 0 unspecified atom stereocenters. The Labute approximate surface area is 162 Å². The van der Waals surface area contributed by atoms with Crippen LogP contribution in [0.4, 0.5) is 20.4 Å². The van der Waals surface area contributed by atoms with E-state index in [1.807, 2.05) is 42.7 Å². The van der Waals surface area contributed by atoms with Crippen molar-refractivity contribution >= 4 is 40.3 Å². The molecule has 2 N–H and O–H groups in total. The first-order valence-corrected chi connectivity index (χ1v) is 9.19. The van der Waals surface area contributed by atoms with Crippen molar-refractivity contribution in [1.82, 2.24) is 19.4 Å². The topological polar surface area (TPSA) is 66.1 Å². The number of halogens is 2. The van der Waals surface area contributed by atoms with E-state index in [-0.39, 0.29) is 0 Å². The first kappa shape index (κ1) is 16.7. The molecule has 3 heterocycles. The van der Waals surface area contributed by atoms with E-state index >= 15 is 0 Å². The number of rotatable bonds is 4. The molecule has 0 amide bonds. The number of nitrogens with one attached hydrogen (secondary N) is 2. The van der Waals surface area contributed by atoms with Crippen LogP contribution in [0, 0.1) is 11.6 Å². The predicted octanol–water partition coefficient (Wildman–Crippen LogP) is 4.82. The molecule has 5 rings (SSSR count). The van der Waals surface area contributed by atoms with Crippen molar-refractivity contribution in [2.45, 2.75) is 6.54 Å². The summed E-state index contributed by atoms with van der Waals surface area (Å²) in [5.74, 6) is -0.772. The minimum Gasteiger partial charge on any atom is -0.380 e. The van der Waals surface area contributed by atoms with E-state index in [0.717, 1.165) is 28.3 Å². The zero-order valence-electron chi connectivity index (χ0n) is 14.3. The molecule has 9 heteroatoms. The number of aromatic amines is 1. The van der Waals surface area contributed by atoms with Crippen molar-refractivity contribution in [3.05, 3.63) is 70.9 Å². The van der Waals surface area contributed by atoms with Crippen LogP contribution in [0.3, 0.4) is 0 Å². The number of hydroxylamine groups is 2. The van der Waals surface area contributed by atoms with Crippen LogP contribution in [0.1, 0.15) is 10.4 Å². The molecule has 0 fully saturated rings. The summed E-state index contributed by atoms with van der Waals surface area (Å²) in [5, 5.41) is 4.81. The van der Waals surface area contributed by atoms with Crippen molar-refractivity contribution in [2.75, 3.05) is 5.32 Å². The molecule has 0 aliphatic carbocycles. The fourth-order valence-electron chi connectivity index (χ4n) is 2.89. The first-order chi connectivity index (χ1) is 13.6. The molecular formula is C19H13F2N5OS. The van der Waals surface area contributed by atoms with E-state index in [2.05, 4.69) is 19.7 Å². The fourth-order valence-corrected chi connectivity index (χ4v) is 3.54. The maximum absolute atomic E-state index is 13.3. The van der Waals surface area contributed by atoms with Crippen LogP contribution in [-0.2, 0) is 6.54 Å². The van der Waals surface area contributed by atoms with E-state index in [1.165, 1.54) is 11.5 Å². The van der Waals surface area contributed by atoms with Crippen molar-refractivity contribution in [3.8, 4) is 5.75 Å². The van der Waals surface area contributed by atoms with Gasteiger partial charge in [0, 0.05) is 35.8 Å². The number of hydrogen-bond donors (Lipinski definition) is 2. The molecule has 140 valence electrons. The van der Waals surface area contributed by atoms with Crippen molar-refractivity contribution in [2.24, 2.45) is 0 Å². The van der Waals surface area contributed by atoms with Crippen LogP contribution in [0.15, 0.2) is 48.8 Å². The summed E-state index contributed by atoms with van der Waals surface area (Å²) in [5.41, 5.74) is 2.65. The summed E-state index contributed by atoms with van der Waals surface area (Å²) in [6, 6.07) is 9.44.